The zero-order chi connectivity index (χ0) is 17.7. The molecule has 1 unspecified atom stereocenters. The molecular weight excluding hydrogens is 326 g/mol. The number of carbonyl (C=O) groups is 2. The van der Waals surface area contributed by atoms with Crippen molar-refractivity contribution in [3.8, 4) is 0 Å². The molecule has 0 saturated carbocycles. The van der Waals surface area contributed by atoms with Gasteiger partial charge in [-0.05, 0) is 37.5 Å². The van der Waals surface area contributed by atoms with Gasteiger partial charge in [0.1, 0.15) is 0 Å². The second kappa shape index (κ2) is 8.38. The van der Waals surface area contributed by atoms with Gasteiger partial charge in [-0.15, -0.1) is 0 Å². The number of hydrogen-bond acceptors (Lipinski definition) is 3. The van der Waals surface area contributed by atoms with Crippen molar-refractivity contribution in [1.29, 1.82) is 0 Å². The SMILES string of the molecule is CCCC(=O)N1CCCC(C(=O)Nc2ccc(N(C)C)c(Cl)c2)C1. The Balaban J connectivity index is 1.99. The molecule has 1 N–H and O–H groups in total. The summed E-state index contributed by atoms with van der Waals surface area (Å²) in [5.74, 6) is -0.0575. The smallest absolute Gasteiger partial charge is 0.229 e. The zero-order valence-corrected chi connectivity index (χ0v) is 15.4. The summed E-state index contributed by atoms with van der Waals surface area (Å²) in [6.07, 6.45) is 3.07. The van der Waals surface area contributed by atoms with E-state index in [9.17, 15) is 9.59 Å². The first kappa shape index (κ1) is 18.6. The topological polar surface area (TPSA) is 52.7 Å². The number of rotatable bonds is 5. The van der Waals surface area contributed by atoms with E-state index in [1.54, 1.807) is 6.07 Å². The lowest BCUT2D eigenvalue weighted by molar-refractivity contribution is -0.134. The summed E-state index contributed by atoms with van der Waals surface area (Å²) in [6, 6.07) is 5.50. The van der Waals surface area contributed by atoms with Crippen molar-refractivity contribution in [1.82, 2.24) is 4.90 Å². The minimum atomic E-state index is -0.160. The Labute approximate surface area is 149 Å². The quantitative estimate of drug-likeness (QED) is 0.884. The molecule has 0 bridgehead atoms. The van der Waals surface area contributed by atoms with E-state index < -0.39 is 0 Å². The molecule has 1 aromatic rings. The molecule has 0 radical (unpaired) electrons. The molecular formula is C18H26ClN3O2. The first-order valence-corrected chi connectivity index (χ1v) is 8.85. The van der Waals surface area contributed by atoms with Crippen LogP contribution in [0.5, 0.6) is 0 Å². The lowest BCUT2D eigenvalue weighted by Gasteiger charge is -2.32. The molecule has 1 atom stereocenters. The molecule has 0 aliphatic carbocycles. The van der Waals surface area contributed by atoms with Gasteiger partial charge in [0.15, 0.2) is 0 Å². The Hall–Kier alpha value is -1.75. The highest BCUT2D eigenvalue weighted by molar-refractivity contribution is 6.33. The lowest BCUT2D eigenvalue weighted by atomic mass is 9.96. The summed E-state index contributed by atoms with van der Waals surface area (Å²) < 4.78 is 0. The minimum Gasteiger partial charge on any atom is -0.376 e. The number of nitrogens with zero attached hydrogens (tertiary/aromatic N) is 2. The fourth-order valence-corrected chi connectivity index (χ4v) is 3.33. The van der Waals surface area contributed by atoms with Crippen molar-refractivity contribution < 1.29 is 9.59 Å². The van der Waals surface area contributed by atoms with E-state index in [2.05, 4.69) is 5.32 Å². The highest BCUT2D eigenvalue weighted by Crippen LogP contribution is 2.28. The molecule has 24 heavy (non-hydrogen) atoms. The summed E-state index contributed by atoms with van der Waals surface area (Å²) in [5.41, 5.74) is 1.59. The van der Waals surface area contributed by atoms with E-state index in [0.717, 1.165) is 31.5 Å². The fraction of sp³-hybridized carbons (Fsp3) is 0.556. The first-order valence-electron chi connectivity index (χ1n) is 8.48. The largest absolute Gasteiger partial charge is 0.376 e. The molecule has 2 rings (SSSR count). The van der Waals surface area contributed by atoms with Crippen LogP contribution in [0.4, 0.5) is 11.4 Å². The molecule has 1 heterocycles. The Morgan fingerprint density at radius 3 is 2.75 bits per heavy atom. The number of anilines is 2. The van der Waals surface area contributed by atoms with E-state index in [1.165, 1.54) is 0 Å². The van der Waals surface area contributed by atoms with E-state index in [1.807, 2.05) is 43.0 Å². The first-order chi connectivity index (χ1) is 11.4. The average molecular weight is 352 g/mol. The minimum absolute atomic E-state index is 0.0438. The van der Waals surface area contributed by atoms with Gasteiger partial charge in [-0.25, -0.2) is 0 Å². The molecule has 0 aromatic heterocycles. The Bertz CT molecular complexity index is 604. The Kier molecular flexibility index (Phi) is 6.49. The van der Waals surface area contributed by atoms with Gasteiger partial charge in [0, 0.05) is 39.3 Å². The van der Waals surface area contributed by atoms with Crippen molar-refractivity contribution >= 4 is 34.8 Å². The highest BCUT2D eigenvalue weighted by atomic mass is 35.5. The maximum Gasteiger partial charge on any atom is 0.229 e. The third kappa shape index (κ3) is 4.63. The van der Waals surface area contributed by atoms with Gasteiger partial charge < -0.3 is 15.1 Å². The second-order valence-electron chi connectivity index (χ2n) is 6.48. The third-order valence-electron chi connectivity index (χ3n) is 4.31. The van der Waals surface area contributed by atoms with E-state index >= 15 is 0 Å². The van der Waals surface area contributed by atoms with Crippen molar-refractivity contribution in [2.45, 2.75) is 32.6 Å². The molecule has 5 nitrogen and oxygen atoms in total. The number of hydrogen-bond donors (Lipinski definition) is 1. The summed E-state index contributed by atoms with van der Waals surface area (Å²) in [4.78, 5) is 28.3. The van der Waals surface area contributed by atoms with Crippen LogP contribution in [0.25, 0.3) is 0 Å². The molecule has 1 aromatic carbocycles. The molecule has 1 aliphatic heterocycles. The van der Waals surface area contributed by atoms with E-state index in [4.69, 9.17) is 11.6 Å². The predicted molar refractivity (Wildman–Crippen MR) is 98.6 cm³/mol. The van der Waals surface area contributed by atoms with Crippen molar-refractivity contribution in [2.24, 2.45) is 5.92 Å². The number of likely N-dealkylation sites (tertiary alicyclic amines) is 1. The number of halogens is 1. The van der Waals surface area contributed by atoms with Gasteiger partial charge in [0.2, 0.25) is 11.8 Å². The number of amides is 2. The van der Waals surface area contributed by atoms with Crippen molar-refractivity contribution in [3.63, 3.8) is 0 Å². The van der Waals surface area contributed by atoms with Crippen LogP contribution in [-0.2, 0) is 9.59 Å². The van der Waals surface area contributed by atoms with Crippen LogP contribution < -0.4 is 10.2 Å². The molecule has 1 aliphatic rings. The maximum atomic E-state index is 12.5. The van der Waals surface area contributed by atoms with Gasteiger partial charge in [-0.3, -0.25) is 9.59 Å². The number of piperidine rings is 1. The highest BCUT2D eigenvalue weighted by Gasteiger charge is 2.28. The lowest BCUT2D eigenvalue weighted by Crippen LogP contribution is -2.43. The van der Waals surface area contributed by atoms with Crippen LogP contribution in [0.3, 0.4) is 0 Å². The fourth-order valence-electron chi connectivity index (χ4n) is 2.98. The van der Waals surface area contributed by atoms with Gasteiger partial charge in [-0.1, -0.05) is 18.5 Å². The van der Waals surface area contributed by atoms with E-state index in [0.29, 0.717) is 23.7 Å². The zero-order valence-electron chi connectivity index (χ0n) is 14.6. The average Bonchev–Trinajstić information content (AvgIpc) is 2.55. The molecule has 1 fully saturated rings. The Morgan fingerprint density at radius 1 is 1.38 bits per heavy atom. The van der Waals surface area contributed by atoms with Gasteiger partial charge in [0.25, 0.3) is 0 Å². The molecule has 1 saturated heterocycles. The predicted octanol–water partition coefficient (Wildman–Crippen LogP) is 3.38. The second-order valence-corrected chi connectivity index (χ2v) is 6.89. The normalized spacial score (nSPS) is 17.5. The summed E-state index contributed by atoms with van der Waals surface area (Å²) >= 11 is 6.25. The van der Waals surface area contributed by atoms with Crippen LogP contribution >= 0.6 is 11.6 Å². The van der Waals surface area contributed by atoms with Crippen molar-refractivity contribution in [2.75, 3.05) is 37.4 Å². The molecule has 132 valence electrons. The molecule has 0 spiro atoms. The number of nitrogens with one attached hydrogen (secondary N) is 1. The van der Waals surface area contributed by atoms with Crippen LogP contribution in [0.15, 0.2) is 18.2 Å². The van der Waals surface area contributed by atoms with Gasteiger partial charge in [-0.2, -0.15) is 0 Å². The monoisotopic (exact) mass is 351 g/mol. The summed E-state index contributed by atoms with van der Waals surface area (Å²) in [5, 5.41) is 3.53. The third-order valence-corrected chi connectivity index (χ3v) is 4.61. The molecule has 2 amide bonds. The van der Waals surface area contributed by atoms with Gasteiger partial charge in [0.05, 0.1) is 16.6 Å². The van der Waals surface area contributed by atoms with Gasteiger partial charge >= 0.3 is 0 Å². The van der Waals surface area contributed by atoms with Crippen LogP contribution in [0.2, 0.25) is 5.02 Å². The summed E-state index contributed by atoms with van der Waals surface area (Å²) in [6.45, 7) is 3.26. The Morgan fingerprint density at radius 2 is 2.12 bits per heavy atom. The van der Waals surface area contributed by atoms with Crippen LogP contribution in [0, 0.1) is 5.92 Å². The van der Waals surface area contributed by atoms with Crippen LogP contribution in [0.1, 0.15) is 32.6 Å². The van der Waals surface area contributed by atoms with Crippen LogP contribution in [-0.4, -0.2) is 43.9 Å². The summed E-state index contributed by atoms with van der Waals surface area (Å²) in [7, 11) is 3.84. The van der Waals surface area contributed by atoms with Crippen molar-refractivity contribution in [3.05, 3.63) is 23.2 Å². The standard InChI is InChI=1S/C18H26ClN3O2/c1-4-6-17(23)22-10-5-7-13(12-22)18(24)20-14-8-9-16(21(2)3)15(19)11-14/h8-9,11,13H,4-7,10,12H2,1-3H3,(H,20,24). The number of benzene rings is 1. The van der Waals surface area contributed by atoms with E-state index in [-0.39, 0.29) is 17.7 Å². The molecule has 6 heteroatoms. The maximum absolute atomic E-state index is 12.5. The number of carbonyl (C=O) groups excluding carboxylic acids is 2.